The lowest BCUT2D eigenvalue weighted by atomic mass is 9.54. The van der Waals surface area contributed by atoms with Gasteiger partial charge in [0.1, 0.15) is 15.8 Å². The Hall–Kier alpha value is -4.26. The van der Waals surface area contributed by atoms with Crippen molar-refractivity contribution in [3.8, 4) is 0 Å². The Morgan fingerprint density at radius 3 is 1.57 bits per heavy atom. The van der Waals surface area contributed by atoms with Gasteiger partial charge in [0.25, 0.3) is 0 Å². The number of alkyl halides is 2. The van der Waals surface area contributed by atoms with Crippen LogP contribution in [0.3, 0.4) is 0 Å². The molecule has 0 spiro atoms. The van der Waals surface area contributed by atoms with Crippen LogP contribution in [-0.2, 0) is 35.3 Å². The van der Waals surface area contributed by atoms with Gasteiger partial charge in [-0.1, -0.05) is 109 Å². The van der Waals surface area contributed by atoms with Crippen LogP contribution in [0.4, 0.5) is 0 Å². The minimum atomic E-state index is -1.38. The van der Waals surface area contributed by atoms with Crippen molar-refractivity contribution in [1.82, 2.24) is 4.90 Å². The Labute approximate surface area is 264 Å². The fourth-order valence-electron chi connectivity index (χ4n) is 7.26. The number of Topliss-reactive ketones (excluding diaryl/α,β-unsaturated/α-hetero) is 1. The number of likely N-dealkylation sites (tertiary alicyclic amines) is 1. The molecule has 6 nitrogen and oxygen atoms in total. The highest BCUT2D eigenvalue weighted by molar-refractivity contribution is 6.36. The Bertz CT molecular complexity index is 1700. The van der Waals surface area contributed by atoms with Gasteiger partial charge in [0.15, 0.2) is 6.10 Å². The highest BCUT2D eigenvalue weighted by Crippen LogP contribution is 2.69. The number of esters is 1. The number of hydrogen-bond donors (Lipinski definition) is 0. The zero-order valence-corrected chi connectivity index (χ0v) is 25.2. The second-order valence-electron chi connectivity index (χ2n) is 11.5. The molecule has 2 amide bonds. The molecule has 3 aliphatic carbocycles. The summed E-state index contributed by atoms with van der Waals surface area (Å²) in [7, 11) is 0. The smallest absolute Gasteiger partial charge is 0.330 e. The van der Waals surface area contributed by atoms with E-state index < -0.39 is 57.3 Å². The molecule has 1 aliphatic heterocycles. The summed E-state index contributed by atoms with van der Waals surface area (Å²) in [5.74, 6) is -4.57. The number of hydrogen-bond acceptors (Lipinski definition) is 5. The standard InChI is InChI=1S/C36H27Cl2NO5/c1-21(31(40)23-14-6-3-7-15-23)44-34(43)28(20-22-12-4-2-5-13-22)39-32(41)29-30(33(39)42)36(38)25-17-9-8-16-24(25)35(29,37)26-18-10-11-19-27(26)36/h2-19,21,28-30H,20H2,1H3/t21-,28-,29-,30+,35?,36?/m0/s1. The first-order valence-corrected chi connectivity index (χ1v) is 15.2. The molecule has 1 saturated heterocycles. The fourth-order valence-corrected chi connectivity index (χ4v) is 8.35. The molecule has 4 aromatic rings. The normalized spacial score (nSPS) is 25.9. The molecule has 8 rings (SSSR count). The Kier molecular flexibility index (Phi) is 6.76. The number of ether oxygens (including phenoxy) is 1. The molecule has 8 heteroatoms. The first kappa shape index (κ1) is 28.5. The molecule has 4 atom stereocenters. The number of nitrogens with zero attached hydrogens (tertiary/aromatic N) is 1. The lowest BCUT2D eigenvalue weighted by Crippen LogP contribution is -2.57. The highest BCUT2D eigenvalue weighted by Gasteiger charge is 2.73. The third-order valence-electron chi connectivity index (χ3n) is 9.20. The topological polar surface area (TPSA) is 80.8 Å². The summed E-state index contributed by atoms with van der Waals surface area (Å²) < 4.78 is 5.71. The number of carbonyl (C=O) groups excluding carboxylic acids is 4. The number of carbonyl (C=O) groups is 4. The molecule has 0 saturated carbocycles. The molecule has 4 aliphatic rings. The van der Waals surface area contributed by atoms with Gasteiger partial charge >= 0.3 is 5.97 Å². The maximum absolute atomic E-state index is 14.6. The maximum Gasteiger partial charge on any atom is 0.330 e. The summed E-state index contributed by atoms with van der Waals surface area (Å²) in [4.78, 5) is 54.4. The van der Waals surface area contributed by atoms with E-state index in [1.165, 1.54) is 6.92 Å². The van der Waals surface area contributed by atoms with Crippen molar-refractivity contribution in [1.29, 1.82) is 0 Å². The van der Waals surface area contributed by atoms with E-state index in [1.54, 1.807) is 42.5 Å². The Morgan fingerprint density at radius 1 is 0.705 bits per heavy atom. The Morgan fingerprint density at radius 2 is 1.11 bits per heavy atom. The van der Waals surface area contributed by atoms with Gasteiger partial charge in [-0.05, 0) is 34.7 Å². The van der Waals surface area contributed by atoms with E-state index in [0.29, 0.717) is 33.4 Å². The monoisotopic (exact) mass is 623 g/mol. The molecule has 44 heavy (non-hydrogen) atoms. The van der Waals surface area contributed by atoms with Crippen molar-refractivity contribution < 1.29 is 23.9 Å². The lowest BCUT2D eigenvalue weighted by molar-refractivity contribution is -0.160. The van der Waals surface area contributed by atoms with Crippen LogP contribution in [0, 0.1) is 11.8 Å². The largest absolute Gasteiger partial charge is 0.453 e. The number of rotatable bonds is 7. The molecular weight excluding hydrogens is 597 g/mol. The molecule has 0 aromatic heterocycles. The summed E-state index contributed by atoms with van der Waals surface area (Å²) in [6, 6.07) is 30.9. The molecule has 1 fully saturated rings. The molecule has 0 unspecified atom stereocenters. The van der Waals surface area contributed by atoms with Gasteiger partial charge in [-0.15, -0.1) is 23.2 Å². The fraction of sp³-hybridized carbons (Fsp3) is 0.222. The zero-order valence-electron chi connectivity index (χ0n) is 23.7. The molecule has 1 heterocycles. The quantitative estimate of drug-likeness (QED) is 0.109. The number of amides is 2. The van der Waals surface area contributed by atoms with E-state index in [4.69, 9.17) is 27.9 Å². The first-order chi connectivity index (χ1) is 21.2. The maximum atomic E-state index is 14.6. The summed E-state index contributed by atoms with van der Waals surface area (Å²) in [6.45, 7) is 1.48. The van der Waals surface area contributed by atoms with Crippen LogP contribution in [0.15, 0.2) is 109 Å². The van der Waals surface area contributed by atoms with E-state index in [2.05, 4.69) is 0 Å². The minimum absolute atomic E-state index is 0.00664. The van der Waals surface area contributed by atoms with Gasteiger partial charge in [-0.3, -0.25) is 19.3 Å². The molecule has 2 bridgehead atoms. The van der Waals surface area contributed by atoms with Gasteiger partial charge in [0, 0.05) is 12.0 Å². The van der Waals surface area contributed by atoms with Crippen molar-refractivity contribution in [3.63, 3.8) is 0 Å². The second-order valence-corrected chi connectivity index (χ2v) is 12.7. The van der Waals surface area contributed by atoms with Crippen LogP contribution in [0.5, 0.6) is 0 Å². The summed E-state index contributed by atoms with van der Waals surface area (Å²) in [6.07, 6.45) is -1.16. The van der Waals surface area contributed by atoms with Crippen molar-refractivity contribution in [3.05, 3.63) is 143 Å². The van der Waals surface area contributed by atoms with Crippen molar-refractivity contribution >= 4 is 46.8 Å². The SMILES string of the molecule is C[C@H](OC(=O)[C@H](Cc1ccccc1)N1C(=O)[C@@H]2[C@H](C1=O)C1(Cl)c3ccccc3C2(Cl)c2ccccc21)C(=O)c1ccccc1. The van der Waals surface area contributed by atoms with Crippen LogP contribution in [0.25, 0.3) is 0 Å². The van der Waals surface area contributed by atoms with E-state index in [1.807, 2.05) is 66.7 Å². The van der Waals surface area contributed by atoms with Crippen LogP contribution < -0.4 is 0 Å². The number of benzene rings is 4. The van der Waals surface area contributed by atoms with Gasteiger partial charge in [-0.2, -0.15) is 0 Å². The third-order valence-corrected chi connectivity index (χ3v) is 10.5. The summed E-state index contributed by atoms with van der Waals surface area (Å²) >= 11 is 15.1. The minimum Gasteiger partial charge on any atom is -0.453 e. The van der Waals surface area contributed by atoms with E-state index in [0.717, 1.165) is 4.90 Å². The molecule has 0 radical (unpaired) electrons. The molecular formula is C36H27Cl2NO5. The van der Waals surface area contributed by atoms with Crippen LogP contribution in [0.1, 0.15) is 45.1 Å². The Balaban J connectivity index is 1.31. The number of imide groups is 1. The van der Waals surface area contributed by atoms with Crippen molar-refractivity contribution in [2.75, 3.05) is 0 Å². The van der Waals surface area contributed by atoms with Crippen LogP contribution in [-0.4, -0.2) is 40.6 Å². The molecule has 0 N–H and O–H groups in total. The summed E-state index contributed by atoms with van der Waals surface area (Å²) in [5.41, 5.74) is 3.77. The van der Waals surface area contributed by atoms with Crippen LogP contribution >= 0.6 is 23.2 Å². The highest BCUT2D eigenvalue weighted by atomic mass is 35.5. The van der Waals surface area contributed by atoms with E-state index >= 15 is 0 Å². The number of halogens is 2. The van der Waals surface area contributed by atoms with Gasteiger partial charge in [0.2, 0.25) is 17.6 Å². The predicted octanol–water partition coefficient (Wildman–Crippen LogP) is 6.01. The number of ketones is 1. The van der Waals surface area contributed by atoms with Crippen molar-refractivity contribution in [2.24, 2.45) is 11.8 Å². The average Bonchev–Trinajstić information content (AvgIpc) is 3.33. The summed E-state index contributed by atoms with van der Waals surface area (Å²) in [5, 5.41) is 0. The average molecular weight is 625 g/mol. The van der Waals surface area contributed by atoms with Gasteiger partial charge < -0.3 is 4.74 Å². The molecule has 4 aromatic carbocycles. The second kappa shape index (κ2) is 10.4. The van der Waals surface area contributed by atoms with Gasteiger partial charge in [0.05, 0.1) is 11.8 Å². The van der Waals surface area contributed by atoms with Crippen molar-refractivity contribution in [2.45, 2.75) is 35.2 Å². The lowest BCUT2D eigenvalue weighted by Gasteiger charge is -2.54. The van der Waals surface area contributed by atoms with Crippen LogP contribution in [0.2, 0.25) is 0 Å². The molecule has 220 valence electrons. The predicted molar refractivity (Wildman–Crippen MR) is 165 cm³/mol. The van der Waals surface area contributed by atoms with E-state index in [-0.39, 0.29) is 6.42 Å². The third kappa shape index (κ3) is 3.94. The van der Waals surface area contributed by atoms with Gasteiger partial charge in [-0.25, -0.2) is 4.79 Å². The first-order valence-electron chi connectivity index (χ1n) is 14.5. The zero-order chi connectivity index (χ0) is 30.8. The van der Waals surface area contributed by atoms with E-state index in [9.17, 15) is 19.2 Å².